The second-order valence-corrected chi connectivity index (χ2v) is 6.33. The largest absolute Gasteiger partial charge is 0.481 e. The zero-order valence-corrected chi connectivity index (χ0v) is 14.5. The van der Waals surface area contributed by atoms with Gasteiger partial charge < -0.3 is 21.5 Å². The fourth-order valence-corrected chi connectivity index (χ4v) is 3.70. The maximum Gasteiger partial charge on any atom is 0.306 e. The zero-order valence-electron chi connectivity index (χ0n) is 14.5. The van der Waals surface area contributed by atoms with Crippen LogP contribution in [0.25, 0.3) is 0 Å². The molecule has 1 amide bonds. The molecule has 0 radical (unpaired) electrons. The quantitative estimate of drug-likeness (QED) is 0.410. The van der Waals surface area contributed by atoms with Crippen molar-refractivity contribution in [3.8, 4) is 0 Å². The van der Waals surface area contributed by atoms with Crippen molar-refractivity contribution >= 4 is 17.8 Å². The number of carbonyl (C=O) groups is 2. The Morgan fingerprint density at radius 2 is 1.91 bits per heavy atom. The molecule has 0 aromatic rings. The van der Waals surface area contributed by atoms with Crippen LogP contribution < -0.4 is 16.4 Å². The van der Waals surface area contributed by atoms with Crippen LogP contribution in [0.15, 0.2) is 4.99 Å². The first-order valence-electron chi connectivity index (χ1n) is 8.32. The number of hydrogen-bond donors (Lipinski definition) is 4. The summed E-state index contributed by atoms with van der Waals surface area (Å²) in [5.41, 5.74) is 5.78. The SMILES string of the molecule is CCC(CC)C(NC(C)=O)[C@@H]1C[C@@H](C(=O)O)C[C@H]1NC(N)=NC. The van der Waals surface area contributed by atoms with Gasteiger partial charge in [0.2, 0.25) is 5.91 Å². The second kappa shape index (κ2) is 8.74. The molecule has 1 rings (SSSR count). The number of carbonyl (C=O) groups excluding carboxylic acids is 1. The molecular formula is C16H30N4O3. The molecule has 0 spiro atoms. The summed E-state index contributed by atoms with van der Waals surface area (Å²) in [5, 5.41) is 15.6. The number of aliphatic carboxylic acids is 1. The lowest BCUT2D eigenvalue weighted by Gasteiger charge is -2.35. The van der Waals surface area contributed by atoms with E-state index in [9.17, 15) is 14.7 Å². The number of guanidine groups is 1. The minimum Gasteiger partial charge on any atom is -0.481 e. The maximum absolute atomic E-state index is 11.7. The molecule has 1 saturated carbocycles. The second-order valence-electron chi connectivity index (χ2n) is 6.33. The molecule has 1 unspecified atom stereocenters. The summed E-state index contributed by atoms with van der Waals surface area (Å²) in [7, 11) is 1.59. The highest BCUT2D eigenvalue weighted by molar-refractivity contribution is 5.78. The zero-order chi connectivity index (χ0) is 17.6. The van der Waals surface area contributed by atoms with Gasteiger partial charge in [0.1, 0.15) is 0 Å². The van der Waals surface area contributed by atoms with Crippen molar-refractivity contribution in [1.82, 2.24) is 10.6 Å². The number of amides is 1. The Balaban J connectivity index is 3.06. The predicted octanol–water partition coefficient (Wildman–Crippen LogP) is 0.941. The van der Waals surface area contributed by atoms with Gasteiger partial charge in [0.15, 0.2) is 5.96 Å². The van der Waals surface area contributed by atoms with E-state index in [1.165, 1.54) is 6.92 Å². The molecule has 1 aliphatic carbocycles. The summed E-state index contributed by atoms with van der Waals surface area (Å²) in [4.78, 5) is 27.0. The van der Waals surface area contributed by atoms with Crippen LogP contribution in [0.1, 0.15) is 46.5 Å². The maximum atomic E-state index is 11.7. The van der Waals surface area contributed by atoms with E-state index in [0.29, 0.717) is 24.7 Å². The number of hydrogen-bond acceptors (Lipinski definition) is 3. The predicted molar refractivity (Wildman–Crippen MR) is 90.0 cm³/mol. The van der Waals surface area contributed by atoms with Gasteiger partial charge in [-0.05, 0) is 18.8 Å². The van der Waals surface area contributed by atoms with E-state index in [0.717, 1.165) is 12.8 Å². The van der Waals surface area contributed by atoms with Crippen LogP contribution in [0.4, 0.5) is 0 Å². The number of carboxylic acid groups (broad SMARTS) is 1. The Bertz CT molecular complexity index is 449. The van der Waals surface area contributed by atoms with Gasteiger partial charge in [-0.3, -0.25) is 14.6 Å². The van der Waals surface area contributed by atoms with E-state index in [1.807, 2.05) is 0 Å². The van der Waals surface area contributed by atoms with Crippen LogP contribution in [0.5, 0.6) is 0 Å². The molecule has 1 fully saturated rings. The van der Waals surface area contributed by atoms with E-state index in [4.69, 9.17) is 5.73 Å². The van der Waals surface area contributed by atoms with Crippen LogP contribution in [0.2, 0.25) is 0 Å². The molecule has 0 bridgehead atoms. The minimum atomic E-state index is -0.794. The van der Waals surface area contributed by atoms with Crippen molar-refractivity contribution in [1.29, 1.82) is 0 Å². The van der Waals surface area contributed by atoms with Gasteiger partial charge in [-0.1, -0.05) is 26.7 Å². The number of aliphatic imine (C=N–C) groups is 1. The lowest BCUT2D eigenvalue weighted by atomic mass is 9.81. The fourth-order valence-electron chi connectivity index (χ4n) is 3.70. The first kappa shape index (κ1) is 19.3. The Morgan fingerprint density at radius 1 is 1.30 bits per heavy atom. The van der Waals surface area contributed by atoms with Crippen LogP contribution in [0, 0.1) is 17.8 Å². The molecule has 5 N–H and O–H groups in total. The first-order chi connectivity index (χ1) is 10.8. The Morgan fingerprint density at radius 3 is 2.35 bits per heavy atom. The van der Waals surface area contributed by atoms with Gasteiger partial charge in [-0.2, -0.15) is 0 Å². The Hall–Kier alpha value is -1.79. The van der Waals surface area contributed by atoms with Gasteiger partial charge in [-0.15, -0.1) is 0 Å². The molecule has 0 aromatic carbocycles. The third-order valence-corrected chi connectivity index (χ3v) is 4.92. The van der Waals surface area contributed by atoms with Crippen LogP contribution in [-0.4, -0.2) is 42.1 Å². The standard InChI is InChI=1S/C16H30N4O3/c1-5-10(6-2)14(19-9(3)21)12-7-11(15(22)23)8-13(12)20-16(17)18-4/h10-14H,5-8H2,1-4H3,(H,19,21)(H,22,23)(H3,17,18,20)/t11-,12-,13-,14?/m1/s1. The number of carboxylic acids is 1. The molecule has 1 aliphatic rings. The number of nitrogens with two attached hydrogens (primary N) is 1. The summed E-state index contributed by atoms with van der Waals surface area (Å²) in [6.45, 7) is 5.69. The van der Waals surface area contributed by atoms with E-state index in [2.05, 4.69) is 29.5 Å². The van der Waals surface area contributed by atoms with Crippen LogP contribution >= 0.6 is 0 Å². The molecule has 23 heavy (non-hydrogen) atoms. The highest BCUT2D eigenvalue weighted by Crippen LogP contribution is 2.37. The number of nitrogens with zero attached hydrogens (tertiary/aromatic N) is 1. The summed E-state index contributed by atoms with van der Waals surface area (Å²) in [5.74, 6) is -0.676. The van der Waals surface area contributed by atoms with E-state index >= 15 is 0 Å². The average molecular weight is 326 g/mol. The molecule has 0 aromatic heterocycles. The topological polar surface area (TPSA) is 117 Å². The van der Waals surface area contributed by atoms with E-state index < -0.39 is 11.9 Å². The molecular weight excluding hydrogens is 296 g/mol. The summed E-state index contributed by atoms with van der Waals surface area (Å²) in [6, 6.07) is -0.161. The molecule has 0 heterocycles. The Kier molecular flexibility index (Phi) is 7.32. The molecule has 0 saturated heterocycles. The summed E-state index contributed by atoms with van der Waals surface area (Å²) >= 11 is 0. The van der Waals surface area contributed by atoms with Crippen molar-refractivity contribution < 1.29 is 14.7 Å². The van der Waals surface area contributed by atoms with Gasteiger partial charge in [0, 0.05) is 32.0 Å². The van der Waals surface area contributed by atoms with Crippen molar-refractivity contribution in [2.24, 2.45) is 28.5 Å². The van der Waals surface area contributed by atoms with Crippen molar-refractivity contribution in [3.63, 3.8) is 0 Å². The van der Waals surface area contributed by atoms with E-state index in [1.54, 1.807) is 7.05 Å². The molecule has 7 heteroatoms. The Labute approximate surface area is 138 Å². The number of nitrogens with one attached hydrogen (secondary N) is 2. The van der Waals surface area contributed by atoms with Gasteiger partial charge in [-0.25, -0.2) is 0 Å². The number of rotatable bonds is 7. The van der Waals surface area contributed by atoms with Crippen molar-refractivity contribution in [3.05, 3.63) is 0 Å². The lowest BCUT2D eigenvalue weighted by Crippen LogP contribution is -2.52. The fraction of sp³-hybridized carbons (Fsp3) is 0.812. The molecule has 0 aliphatic heterocycles. The third kappa shape index (κ3) is 5.11. The van der Waals surface area contributed by atoms with Crippen molar-refractivity contribution in [2.45, 2.75) is 58.5 Å². The monoisotopic (exact) mass is 326 g/mol. The normalized spacial score (nSPS) is 26.1. The van der Waals surface area contributed by atoms with Gasteiger partial charge in [0.05, 0.1) is 5.92 Å². The van der Waals surface area contributed by atoms with Crippen molar-refractivity contribution in [2.75, 3.05) is 7.05 Å². The highest BCUT2D eigenvalue weighted by Gasteiger charge is 2.44. The van der Waals surface area contributed by atoms with Crippen LogP contribution in [0.3, 0.4) is 0 Å². The summed E-state index contributed by atoms with van der Waals surface area (Å²) in [6.07, 6.45) is 2.89. The minimum absolute atomic E-state index is 0.0187. The lowest BCUT2D eigenvalue weighted by molar-refractivity contribution is -0.141. The van der Waals surface area contributed by atoms with Gasteiger partial charge in [0.25, 0.3) is 0 Å². The highest BCUT2D eigenvalue weighted by atomic mass is 16.4. The first-order valence-corrected chi connectivity index (χ1v) is 8.32. The average Bonchev–Trinajstić information content (AvgIpc) is 2.90. The molecule has 7 nitrogen and oxygen atoms in total. The smallest absolute Gasteiger partial charge is 0.306 e. The third-order valence-electron chi connectivity index (χ3n) is 4.92. The van der Waals surface area contributed by atoms with E-state index in [-0.39, 0.29) is 23.9 Å². The molecule has 132 valence electrons. The summed E-state index contributed by atoms with van der Waals surface area (Å²) < 4.78 is 0. The van der Waals surface area contributed by atoms with Crippen LogP contribution in [-0.2, 0) is 9.59 Å². The molecule has 4 atom stereocenters. The van der Waals surface area contributed by atoms with Gasteiger partial charge >= 0.3 is 5.97 Å².